The van der Waals surface area contributed by atoms with Gasteiger partial charge < -0.3 is 10.6 Å². The number of halogens is 1. The third-order valence-electron chi connectivity index (χ3n) is 1.77. The molecule has 1 amide bonds. The zero-order chi connectivity index (χ0) is 12.1. The minimum absolute atomic E-state index is 0.0216. The van der Waals surface area contributed by atoms with Gasteiger partial charge in [0.1, 0.15) is 11.5 Å². The molecule has 1 aromatic carbocycles. The number of nitrogens with zero attached hydrogens (tertiary/aromatic N) is 1. The first kappa shape index (κ1) is 12.1. The molecule has 0 atom stereocenters. The molecule has 0 heterocycles. The van der Waals surface area contributed by atoms with Gasteiger partial charge in [-0.05, 0) is 19.2 Å². The normalized spacial score (nSPS) is 9.88. The van der Waals surface area contributed by atoms with Crippen LogP contribution in [-0.2, 0) is 4.79 Å². The summed E-state index contributed by atoms with van der Waals surface area (Å²) < 4.78 is 12.8. The van der Waals surface area contributed by atoms with E-state index in [9.17, 15) is 19.3 Å². The molecule has 0 saturated heterocycles. The van der Waals surface area contributed by atoms with Crippen LogP contribution in [0.4, 0.5) is 15.8 Å². The molecule has 0 aliphatic heterocycles. The first-order valence-corrected chi connectivity index (χ1v) is 4.43. The van der Waals surface area contributed by atoms with E-state index in [0.29, 0.717) is 0 Å². The van der Waals surface area contributed by atoms with Gasteiger partial charge in [-0.2, -0.15) is 0 Å². The summed E-state index contributed by atoms with van der Waals surface area (Å²) in [5.74, 6) is -1.16. The van der Waals surface area contributed by atoms with Crippen molar-refractivity contribution < 1.29 is 14.1 Å². The van der Waals surface area contributed by atoms with Crippen LogP contribution in [0.3, 0.4) is 0 Å². The van der Waals surface area contributed by atoms with Crippen LogP contribution < -0.4 is 10.6 Å². The van der Waals surface area contributed by atoms with Crippen LogP contribution in [0, 0.1) is 15.9 Å². The lowest BCUT2D eigenvalue weighted by atomic mass is 10.2. The fourth-order valence-corrected chi connectivity index (χ4v) is 1.12. The lowest BCUT2D eigenvalue weighted by Crippen LogP contribution is -2.25. The lowest BCUT2D eigenvalue weighted by molar-refractivity contribution is -0.384. The molecule has 1 rings (SSSR count). The van der Waals surface area contributed by atoms with Gasteiger partial charge in [0, 0.05) is 0 Å². The number of amides is 1. The Labute approximate surface area is 90.6 Å². The zero-order valence-corrected chi connectivity index (χ0v) is 8.49. The van der Waals surface area contributed by atoms with Crippen molar-refractivity contribution in [2.45, 2.75) is 0 Å². The highest BCUT2D eigenvalue weighted by Crippen LogP contribution is 2.24. The Kier molecular flexibility index (Phi) is 3.90. The van der Waals surface area contributed by atoms with Crippen LogP contribution in [0.1, 0.15) is 0 Å². The summed E-state index contributed by atoms with van der Waals surface area (Å²) in [6.45, 7) is 0.0224. The van der Waals surface area contributed by atoms with E-state index in [1.54, 1.807) is 7.05 Å². The summed E-state index contributed by atoms with van der Waals surface area (Å²) in [4.78, 5) is 21.0. The van der Waals surface area contributed by atoms with Crippen molar-refractivity contribution in [3.63, 3.8) is 0 Å². The first-order valence-electron chi connectivity index (χ1n) is 4.43. The number of likely N-dealkylation sites (N-methyl/N-ethyl adjacent to an activating group) is 1. The van der Waals surface area contributed by atoms with E-state index < -0.39 is 22.3 Å². The average Bonchev–Trinajstić information content (AvgIpc) is 2.20. The molecule has 6 nitrogen and oxygen atoms in total. The summed E-state index contributed by atoms with van der Waals surface area (Å²) in [5, 5.41) is 15.5. The highest BCUT2D eigenvalue weighted by Gasteiger charge is 2.16. The quantitative estimate of drug-likeness (QED) is 0.591. The molecule has 0 aromatic heterocycles. The van der Waals surface area contributed by atoms with Gasteiger partial charge in [0.15, 0.2) is 0 Å². The smallest absolute Gasteiger partial charge is 0.295 e. The van der Waals surface area contributed by atoms with Gasteiger partial charge in [0.2, 0.25) is 5.91 Å². The van der Waals surface area contributed by atoms with E-state index >= 15 is 0 Å². The second-order valence-corrected chi connectivity index (χ2v) is 3.00. The highest BCUT2D eigenvalue weighted by molar-refractivity contribution is 5.94. The van der Waals surface area contributed by atoms with Gasteiger partial charge in [-0.25, -0.2) is 4.39 Å². The Morgan fingerprint density at radius 3 is 2.81 bits per heavy atom. The molecule has 0 unspecified atom stereocenters. The number of hydrogen-bond acceptors (Lipinski definition) is 4. The molecule has 0 spiro atoms. The minimum Gasteiger partial charge on any atom is -0.319 e. The number of hydrogen-bond donors (Lipinski definition) is 2. The van der Waals surface area contributed by atoms with Crippen LogP contribution in [0.5, 0.6) is 0 Å². The SMILES string of the molecule is CNCC(=O)Nc1ccc(F)cc1[N+](=O)[O-]. The molecular weight excluding hydrogens is 217 g/mol. The minimum atomic E-state index is -0.752. The van der Waals surface area contributed by atoms with Gasteiger partial charge in [0.05, 0.1) is 17.5 Å². The second kappa shape index (κ2) is 5.17. The maximum Gasteiger partial charge on any atom is 0.295 e. The van der Waals surface area contributed by atoms with Crippen molar-refractivity contribution in [1.82, 2.24) is 5.32 Å². The van der Waals surface area contributed by atoms with E-state index in [1.165, 1.54) is 0 Å². The zero-order valence-electron chi connectivity index (χ0n) is 8.49. The standard InChI is InChI=1S/C9H10FN3O3/c1-11-5-9(14)12-7-3-2-6(10)4-8(7)13(15)16/h2-4,11H,5H2,1H3,(H,12,14). The van der Waals surface area contributed by atoms with Crippen molar-refractivity contribution in [3.05, 3.63) is 34.1 Å². The molecule has 0 saturated carbocycles. The highest BCUT2D eigenvalue weighted by atomic mass is 19.1. The summed E-state index contributed by atoms with van der Waals surface area (Å²) in [6, 6.07) is 2.96. The maximum absolute atomic E-state index is 12.8. The molecule has 1 aromatic rings. The topological polar surface area (TPSA) is 84.3 Å². The van der Waals surface area contributed by atoms with Gasteiger partial charge >= 0.3 is 0 Å². The second-order valence-electron chi connectivity index (χ2n) is 3.00. The Bertz CT molecular complexity index is 422. The van der Waals surface area contributed by atoms with Gasteiger partial charge in [-0.15, -0.1) is 0 Å². The van der Waals surface area contributed by atoms with Crippen LogP contribution >= 0.6 is 0 Å². The van der Waals surface area contributed by atoms with Gasteiger partial charge in [-0.3, -0.25) is 14.9 Å². The Morgan fingerprint density at radius 1 is 1.56 bits per heavy atom. The molecule has 0 aliphatic carbocycles. The number of benzene rings is 1. The number of carbonyl (C=O) groups excluding carboxylic acids is 1. The summed E-state index contributed by atoms with van der Waals surface area (Å²) in [6.07, 6.45) is 0. The molecule has 0 fully saturated rings. The third-order valence-corrected chi connectivity index (χ3v) is 1.77. The number of nitro benzene ring substituents is 1. The number of anilines is 1. The van der Waals surface area contributed by atoms with Crippen molar-refractivity contribution >= 4 is 17.3 Å². The number of nitro groups is 1. The van der Waals surface area contributed by atoms with Crippen molar-refractivity contribution in [3.8, 4) is 0 Å². The monoisotopic (exact) mass is 227 g/mol. The van der Waals surface area contributed by atoms with E-state index in [1.807, 2.05) is 0 Å². The Morgan fingerprint density at radius 2 is 2.25 bits per heavy atom. The summed E-state index contributed by atoms with van der Waals surface area (Å²) >= 11 is 0. The first-order chi connectivity index (χ1) is 7.54. The Balaban J connectivity index is 2.95. The van der Waals surface area contributed by atoms with Gasteiger partial charge in [0.25, 0.3) is 5.69 Å². The fraction of sp³-hybridized carbons (Fsp3) is 0.222. The van der Waals surface area contributed by atoms with E-state index in [0.717, 1.165) is 18.2 Å². The van der Waals surface area contributed by atoms with Crippen molar-refractivity contribution in [2.24, 2.45) is 0 Å². The largest absolute Gasteiger partial charge is 0.319 e. The number of nitrogens with one attached hydrogen (secondary N) is 2. The summed E-state index contributed by atoms with van der Waals surface area (Å²) in [7, 11) is 1.57. The van der Waals surface area contributed by atoms with Crippen LogP contribution in [0.25, 0.3) is 0 Å². The van der Waals surface area contributed by atoms with E-state index in [-0.39, 0.29) is 12.2 Å². The molecule has 0 bridgehead atoms. The number of carbonyl (C=O) groups is 1. The molecule has 0 radical (unpaired) electrons. The maximum atomic E-state index is 12.8. The molecule has 2 N–H and O–H groups in total. The molecular formula is C9H10FN3O3. The molecule has 0 aliphatic rings. The van der Waals surface area contributed by atoms with E-state index in [4.69, 9.17) is 0 Å². The van der Waals surface area contributed by atoms with Crippen LogP contribution in [-0.4, -0.2) is 24.4 Å². The van der Waals surface area contributed by atoms with Crippen molar-refractivity contribution in [1.29, 1.82) is 0 Å². The predicted octanol–water partition coefficient (Wildman–Crippen LogP) is 0.892. The lowest BCUT2D eigenvalue weighted by Gasteiger charge is -2.05. The molecule has 7 heteroatoms. The predicted molar refractivity (Wildman–Crippen MR) is 55.6 cm³/mol. The Hall–Kier alpha value is -2.02. The van der Waals surface area contributed by atoms with Crippen LogP contribution in [0.2, 0.25) is 0 Å². The fourth-order valence-electron chi connectivity index (χ4n) is 1.12. The van der Waals surface area contributed by atoms with E-state index in [2.05, 4.69) is 10.6 Å². The van der Waals surface area contributed by atoms with Gasteiger partial charge in [-0.1, -0.05) is 0 Å². The molecule has 86 valence electrons. The molecule has 16 heavy (non-hydrogen) atoms. The summed E-state index contributed by atoms with van der Waals surface area (Å²) in [5.41, 5.74) is -0.490. The average molecular weight is 227 g/mol. The number of rotatable bonds is 4. The third kappa shape index (κ3) is 2.99. The van der Waals surface area contributed by atoms with Crippen LogP contribution in [0.15, 0.2) is 18.2 Å². The van der Waals surface area contributed by atoms with Crippen molar-refractivity contribution in [2.75, 3.05) is 18.9 Å².